The molecule has 21 heavy (non-hydrogen) atoms. The monoisotopic (exact) mass is 295 g/mol. The predicted octanol–water partition coefficient (Wildman–Crippen LogP) is 3.71. The van der Waals surface area contributed by atoms with Crippen LogP contribution in [-0.4, -0.2) is 12.1 Å². The highest BCUT2D eigenvalue weighted by atomic mass is 19.4. The Balaban J connectivity index is 2.31. The smallest absolute Gasteiger partial charge is 0.406 e. The Morgan fingerprint density at radius 1 is 1.10 bits per heavy atom. The van der Waals surface area contributed by atoms with Crippen molar-refractivity contribution in [2.45, 2.75) is 13.3 Å². The molecule has 0 bridgehead atoms. The number of halogens is 3. The molecule has 0 saturated carbocycles. The third kappa shape index (κ3) is 3.75. The van der Waals surface area contributed by atoms with Crippen molar-refractivity contribution in [2.75, 3.05) is 5.73 Å². The van der Waals surface area contributed by atoms with Crippen LogP contribution in [0, 0.1) is 6.92 Å². The van der Waals surface area contributed by atoms with Crippen LogP contribution in [0.25, 0.3) is 0 Å². The molecule has 0 radical (unpaired) electrons. The van der Waals surface area contributed by atoms with E-state index in [-0.39, 0.29) is 5.56 Å². The number of nitrogens with two attached hydrogens (primary N) is 1. The number of ether oxygens (including phenoxy) is 1. The Morgan fingerprint density at radius 2 is 1.76 bits per heavy atom. The second-order valence-electron chi connectivity index (χ2n) is 4.48. The highest BCUT2D eigenvalue weighted by Gasteiger charge is 2.31. The lowest BCUT2D eigenvalue weighted by molar-refractivity contribution is -0.274. The van der Waals surface area contributed by atoms with Crippen LogP contribution in [0.4, 0.5) is 18.9 Å². The van der Waals surface area contributed by atoms with E-state index in [9.17, 15) is 18.0 Å². The minimum Gasteiger partial charge on any atom is -0.406 e. The summed E-state index contributed by atoms with van der Waals surface area (Å²) in [6.07, 6.45) is -4.79. The van der Waals surface area contributed by atoms with Crippen LogP contribution in [0.3, 0.4) is 0 Å². The van der Waals surface area contributed by atoms with Gasteiger partial charge < -0.3 is 10.5 Å². The fourth-order valence-electron chi connectivity index (χ4n) is 1.82. The predicted molar refractivity (Wildman–Crippen MR) is 72.1 cm³/mol. The summed E-state index contributed by atoms with van der Waals surface area (Å²) in [6.45, 7) is 1.75. The molecule has 0 aliphatic carbocycles. The average molecular weight is 295 g/mol. The minimum atomic E-state index is -4.79. The first kappa shape index (κ1) is 14.9. The van der Waals surface area contributed by atoms with Crippen LogP contribution in [0.2, 0.25) is 0 Å². The van der Waals surface area contributed by atoms with Gasteiger partial charge in [-0.1, -0.05) is 12.1 Å². The van der Waals surface area contributed by atoms with Crippen molar-refractivity contribution in [2.24, 2.45) is 0 Å². The van der Waals surface area contributed by atoms with Gasteiger partial charge in [-0.25, -0.2) is 0 Å². The van der Waals surface area contributed by atoms with Gasteiger partial charge in [-0.05, 0) is 42.8 Å². The van der Waals surface area contributed by atoms with Crippen LogP contribution in [0.15, 0.2) is 42.5 Å². The van der Waals surface area contributed by atoms with Crippen molar-refractivity contribution in [3.8, 4) is 5.75 Å². The zero-order valence-electron chi connectivity index (χ0n) is 11.1. The molecule has 2 aromatic carbocycles. The number of hydrogen-bond acceptors (Lipinski definition) is 3. The first-order chi connectivity index (χ1) is 9.76. The number of rotatable bonds is 3. The number of hydrogen-bond donors (Lipinski definition) is 1. The van der Waals surface area contributed by atoms with Gasteiger partial charge in [0.15, 0.2) is 5.78 Å². The van der Waals surface area contributed by atoms with Crippen molar-refractivity contribution in [3.05, 3.63) is 59.2 Å². The fourth-order valence-corrected chi connectivity index (χ4v) is 1.82. The second-order valence-corrected chi connectivity index (χ2v) is 4.48. The lowest BCUT2D eigenvalue weighted by Gasteiger charge is -2.10. The van der Waals surface area contributed by atoms with E-state index >= 15 is 0 Å². The minimum absolute atomic E-state index is 0.112. The Labute approximate surface area is 119 Å². The molecule has 0 aromatic heterocycles. The van der Waals surface area contributed by atoms with Crippen LogP contribution in [0.5, 0.6) is 5.75 Å². The maximum Gasteiger partial charge on any atom is 0.573 e. The zero-order valence-corrected chi connectivity index (χ0v) is 11.1. The van der Waals surface area contributed by atoms with E-state index in [1.165, 1.54) is 18.2 Å². The Bertz CT molecular complexity index is 681. The first-order valence-corrected chi connectivity index (χ1v) is 6.03. The Kier molecular flexibility index (Phi) is 3.88. The molecule has 0 unspecified atom stereocenters. The second kappa shape index (κ2) is 5.47. The average Bonchev–Trinajstić information content (AvgIpc) is 2.39. The number of carbonyl (C=O) groups is 1. The first-order valence-electron chi connectivity index (χ1n) is 6.03. The van der Waals surface area contributed by atoms with E-state index in [0.29, 0.717) is 11.3 Å². The standard InChI is InChI=1S/C15H12F3NO2/c1-9-7-11(5-6-13(9)19)14(20)10-3-2-4-12(8-10)21-15(16,17)18/h2-8H,19H2,1H3. The van der Waals surface area contributed by atoms with Gasteiger partial charge in [-0.15, -0.1) is 13.2 Å². The maximum absolute atomic E-state index is 12.3. The number of carbonyl (C=O) groups excluding carboxylic acids is 1. The van der Waals surface area contributed by atoms with E-state index in [4.69, 9.17) is 5.73 Å². The number of alkyl halides is 3. The summed E-state index contributed by atoms with van der Waals surface area (Å²) in [4.78, 5) is 12.3. The van der Waals surface area contributed by atoms with Crippen molar-refractivity contribution >= 4 is 11.5 Å². The number of nitrogen functional groups attached to an aromatic ring is 1. The summed E-state index contributed by atoms with van der Waals surface area (Å²) in [7, 11) is 0. The lowest BCUT2D eigenvalue weighted by Crippen LogP contribution is -2.17. The quantitative estimate of drug-likeness (QED) is 0.693. The molecule has 6 heteroatoms. The Hall–Kier alpha value is -2.50. The molecule has 0 heterocycles. The maximum atomic E-state index is 12.3. The molecule has 0 saturated heterocycles. The van der Waals surface area contributed by atoms with E-state index in [1.807, 2.05) is 0 Å². The molecular formula is C15H12F3NO2. The molecule has 0 fully saturated rings. The number of ketones is 1. The van der Waals surface area contributed by atoms with E-state index < -0.39 is 17.9 Å². The van der Waals surface area contributed by atoms with E-state index in [1.54, 1.807) is 19.1 Å². The van der Waals surface area contributed by atoms with Crippen molar-refractivity contribution in [1.82, 2.24) is 0 Å². The molecule has 0 aliphatic rings. The highest BCUT2D eigenvalue weighted by molar-refractivity contribution is 6.09. The number of aryl methyl sites for hydroxylation is 1. The van der Waals surface area contributed by atoms with Gasteiger partial charge in [-0.2, -0.15) is 0 Å². The van der Waals surface area contributed by atoms with Crippen LogP contribution < -0.4 is 10.5 Å². The van der Waals surface area contributed by atoms with Gasteiger partial charge in [0, 0.05) is 16.8 Å². The number of anilines is 1. The molecule has 3 nitrogen and oxygen atoms in total. The van der Waals surface area contributed by atoms with Crippen molar-refractivity contribution < 1.29 is 22.7 Å². The fraction of sp³-hybridized carbons (Fsp3) is 0.133. The van der Waals surface area contributed by atoms with Gasteiger partial charge in [0.2, 0.25) is 0 Å². The Morgan fingerprint density at radius 3 is 2.38 bits per heavy atom. The van der Waals surface area contributed by atoms with Crippen molar-refractivity contribution in [3.63, 3.8) is 0 Å². The normalized spacial score (nSPS) is 11.2. The van der Waals surface area contributed by atoms with Gasteiger partial charge in [0.05, 0.1) is 0 Å². The SMILES string of the molecule is Cc1cc(C(=O)c2cccc(OC(F)(F)F)c2)ccc1N. The molecular weight excluding hydrogens is 283 g/mol. The molecule has 2 aromatic rings. The van der Waals surface area contributed by atoms with Gasteiger partial charge in [0.1, 0.15) is 5.75 Å². The summed E-state index contributed by atoms with van der Waals surface area (Å²) < 4.78 is 40.3. The summed E-state index contributed by atoms with van der Waals surface area (Å²) in [5, 5.41) is 0. The summed E-state index contributed by atoms with van der Waals surface area (Å²) in [5.74, 6) is -0.828. The van der Waals surface area contributed by atoms with Gasteiger partial charge in [0.25, 0.3) is 0 Å². The van der Waals surface area contributed by atoms with E-state index in [0.717, 1.165) is 17.7 Å². The largest absolute Gasteiger partial charge is 0.573 e. The third-order valence-corrected chi connectivity index (χ3v) is 2.86. The summed E-state index contributed by atoms with van der Waals surface area (Å²) in [5.41, 5.74) is 7.40. The molecule has 0 spiro atoms. The highest BCUT2D eigenvalue weighted by Crippen LogP contribution is 2.24. The van der Waals surface area contributed by atoms with Crippen LogP contribution in [-0.2, 0) is 0 Å². The number of benzene rings is 2. The molecule has 0 aliphatic heterocycles. The molecule has 110 valence electrons. The van der Waals surface area contributed by atoms with E-state index in [2.05, 4.69) is 4.74 Å². The summed E-state index contributed by atoms with van der Waals surface area (Å²) in [6, 6.07) is 9.66. The zero-order chi connectivity index (χ0) is 15.6. The lowest BCUT2D eigenvalue weighted by atomic mass is 10.0. The molecule has 0 amide bonds. The molecule has 0 atom stereocenters. The topological polar surface area (TPSA) is 52.3 Å². The molecule has 2 N–H and O–H groups in total. The van der Waals surface area contributed by atoms with Crippen molar-refractivity contribution in [1.29, 1.82) is 0 Å². The van der Waals surface area contributed by atoms with Crippen LogP contribution in [0.1, 0.15) is 21.5 Å². The summed E-state index contributed by atoms with van der Waals surface area (Å²) >= 11 is 0. The third-order valence-electron chi connectivity index (χ3n) is 2.86. The molecule has 2 rings (SSSR count). The van der Waals surface area contributed by atoms with Crippen LogP contribution >= 0.6 is 0 Å². The van der Waals surface area contributed by atoms with Gasteiger partial charge in [-0.3, -0.25) is 4.79 Å². The van der Waals surface area contributed by atoms with Gasteiger partial charge >= 0.3 is 6.36 Å².